The maximum Gasteiger partial charge on any atom is 0.311 e. The van der Waals surface area contributed by atoms with Gasteiger partial charge in [-0.15, -0.1) is 0 Å². The van der Waals surface area contributed by atoms with E-state index < -0.39 is 30.2 Å². The number of ether oxygens (including phenoxy) is 1. The Hall–Kier alpha value is -2.64. The second kappa shape index (κ2) is 8.58. The van der Waals surface area contributed by atoms with Crippen LogP contribution in [0.25, 0.3) is 0 Å². The van der Waals surface area contributed by atoms with Crippen molar-refractivity contribution >= 4 is 52.4 Å². The van der Waals surface area contributed by atoms with Gasteiger partial charge in [0.2, 0.25) is 5.91 Å². The molecule has 0 unspecified atom stereocenters. The Kier molecular flexibility index (Phi) is 6.16. The molecule has 1 atom stereocenters. The monoisotopic (exact) mass is 424 g/mol. The molecule has 1 aliphatic rings. The van der Waals surface area contributed by atoms with E-state index in [0.29, 0.717) is 10.7 Å². The number of carbonyl (C=O) groups excluding carboxylic acids is 3. The first-order valence-corrected chi connectivity index (χ1v) is 9.06. The van der Waals surface area contributed by atoms with E-state index in [4.69, 9.17) is 27.9 Å². The Bertz CT molecular complexity index is 938. The van der Waals surface area contributed by atoms with Gasteiger partial charge in [-0.1, -0.05) is 29.3 Å². The molecule has 0 radical (unpaired) electrons. The minimum atomic E-state index is -0.681. The summed E-state index contributed by atoms with van der Waals surface area (Å²) in [6.45, 7) is -0.386. The van der Waals surface area contributed by atoms with Crippen molar-refractivity contribution in [1.82, 2.24) is 0 Å². The van der Waals surface area contributed by atoms with Crippen LogP contribution in [0, 0.1) is 11.7 Å². The first kappa shape index (κ1) is 20.1. The smallest absolute Gasteiger partial charge is 0.311 e. The van der Waals surface area contributed by atoms with E-state index in [1.54, 1.807) is 24.3 Å². The van der Waals surface area contributed by atoms with Crippen molar-refractivity contribution in [2.24, 2.45) is 5.92 Å². The average molecular weight is 425 g/mol. The molecule has 1 N–H and O–H groups in total. The highest BCUT2D eigenvalue weighted by atomic mass is 35.5. The predicted molar refractivity (Wildman–Crippen MR) is 103 cm³/mol. The number of esters is 1. The zero-order valence-electron chi connectivity index (χ0n) is 14.5. The molecule has 0 aromatic heterocycles. The molecule has 0 bridgehead atoms. The molecule has 9 heteroatoms. The van der Waals surface area contributed by atoms with Gasteiger partial charge in [0.05, 0.1) is 10.9 Å². The molecule has 1 aliphatic heterocycles. The lowest BCUT2D eigenvalue weighted by molar-refractivity contribution is -0.151. The van der Waals surface area contributed by atoms with E-state index in [1.807, 2.05) is 0 Å². The number of nitrogens with one attached hydrogen (secondary N) is 1. The van der Waals surface area contributed by atoms with Crippen molar-refractivity contribution in [3.8, 4) is 0 Å². The van der Waals surface area contributed by atoms with Gasteiger partial charge >= 0.3 is 5.97 Å². The van der Waals surface area contributed by atoms with Crippen molar-refractivity contribution < 1.29 is 23.5 Å². The van der Waals surface area contributed by atoms with Crippen LogP contribution in [0.5, 0.6) is 0 Å². The summed E-state index contributed by atoms with van der Waals surface area (Å²) in [6.07, 6.45) is -0.0134. The minimum Gasteiger partial charge on any atom is -0.455 e. The zero-order chi connectivity index (χ0) is 20.3. The molecule has 0 saturated carbocycles. The SMILES string of the molecule is O=C(COC(=O)[C@@H]1CC(=O)N(c2cccc(Cl)c2)C1)Nc1ccc(F)c(Cl)c1. The number of nitrogens with zero attached hydrogens (tertiary/aromatic N) is 1. The number of amides is 2. The van der Waals surface area contributed by atoms with Crippen molar-refractivity contribution in [3.05, 3.63) is 58.3 Å². The molecule has 2 aromatic rings. The number of anilines is 2. The first-order valence-electron chi connectivity index (χ1n) is 8.31. The Morgan fingerprint density at radius 1 is 1.21 bits per heavy atom. The lowest BCUT2D eigenvalue weighted by Crippen LogP contribution is -2.28. The van der Waals surface area contributed by atoms with Gasteiger partial charge in [-0.25, -0.2) is 4.39 Å². The van der Waals surface area contributed by atoms with Gasteiger partial charge < -0.3 is 15.0 Å². The average Bonchev–Trinajstić information content (AvgIpc) is 3.05. The lowest BCUT2D eigenvalue weighted by atomic mass is 10.1. The number of carbonyl (C=O) groups is 3. The van der Waals surface area contributed by atoms with Crippen LogP contribution in [-0.4, -0.2) is 30.9 Å². The zero-order valence-corrected chi connectivity index (χ0v) is 16.0. The topological polar surface area (TPSA) is 75.7 Å². The van der Waals surface area contributed by atoms with E-state index >= 15 is 0 Å². The molecule has 1 heterocycles. The highest BCUT2D eigenvalue weighted by Gasteiger charge is 2.36. The summed E-state index contributed by atoms with van der Waals surface area (Å²) in [7, 11) is 0. The van der Waals surface area contributed by atoms with Crippen LogP contribution in [0.1, 0.15) is 6.42 Å². The summed E-state index contributed by atoms with van der Waals surface area (Å²) in [5.74, 6) is -2.77. The summed E-state index contributed by atoms with van der Waals surface area (Å²) < 4.78 is 18.1. The third kappa shape index (κ3) is 4.79. The molecule has 0 aliphatic carbocycles. The van der Waals surface area contributed by atoms with Gasteiger partial charge in [-0.2, -0.15) is 0 Å². The molecule has 28 heavy (non-hydrogen) atoms. The largest absolute Gasteiger partial charge is 0.455 e. The van der Waals surface area contributed by atoms with Crippen LogP contribution in [0.4, 0.5) is 15.8 Å². The molecule has 146 valence electrons. The maximum atomic E-state index is 13.1. The summed E-state index contributed by atoms with van der Waals surface area (Å²) in [4.78, 5) is 37.8. The fourth-order valence-electron chi connectivity index (χ4n) is 2.78. The normalized spacial score (nSPS) is 16.2. The maximum absolute atomic E-state index is 13.1. The second-order valence-electron chi connectivity index (χ2n) is 6.17. The molecule has 0 spiro atoms. The quantitative estimate of drug-likeness (QED) is 0.742. The van der Waals surface area contributed by atoms with Crippen LogP contribution in [0.2, 0.25) is 10.0 Å². The molecule has 6 nitrogen and oxygen atoms in total. The van der Waals surface area contributed by atoms with E-state index in [-0.39, 0.29) is 29.6 Å². The number of halogens is 3. The Balaban J connectivity index is 1.53. The van der Waals surface area contributed by atoms with E-state index in [2.05, 4.69) is 5.32 Å². The second-order valence-corrected chi connectivity index (χ2v) is 7.01. The van der Waals surface area contributed by atoms with Gasteiger partial charge in [0.15, 0.2) is 6.61 Å². The molecule has 2 amide bonds. The van der Waals surface area contributed by atoms with Crippen LogP contribution < -0.4 is 10.2 Å². The van der Waals surface area contributed by atoms with Crippen molar-refractivity contribution in [3.63, 3.8) is 0 Å². The van der Waals surface area contributed by atoms with Crippen molar-refractivity contribution in [1.29, 1.82) is 0 Å². The minimum absolute atomic E-state index is 0.0134. The fourth-order valence-corrected chi connectivity index (χ4v) is 3.15. The summed E-state index contributed by atoms with van der Waals surface area (Å²) in [5.41, 5.74) is 0.870. The molecular formula is C19H15Cl2FN2O4. The van der Waals surface area contributed by atoms with Gasteiger partial charge in [-0.3, -0.25) is 14.4 Å². The predicted octanol–water partition coefficient (Wildman–Crippen LogP) is 3.67. The van der Waals surface area contributed by atoms with Crippen molar-refractivity contribution in [2.75, 3.05) is 23.4 Å². The van der Waals surface area contributed by atoms with E-state index in [1.165, 1.54) is 17.0 Å². The van der Waals surface area contributed by atoms with E-state index in [0.717, 1.165) is 6.07 Å². The molecule has 1 fully saturated rings. The third-order valence-corrected chi connectivity index (χ3v) is 4.65. The molecule has 2 aromatic carbocycles. The fraction of sp³-hybridized carbons (Fsp3) is 0.211. The van der Waals surface area contributed by atoms with Crippen molar-refractivity contribution in [2.45, 2.75) is 6.42 Å². The number of rotatable bonds is 5. The third-order valence-electron chi connectivity index (χ3n) is 4.13. The molecule has 1 saturated heterocycles. The molecular weight excluding hydrogens is 410 g/mol. The summed E-state index contributed by atoms with van der Waals surface area (Å²) in [5, 5.41) is 2.79. The highest BCUT2D eigenvalue weighted by molar-refractivity contribution is 6.31. The number of hydrogen-bond acceptors (Lipinski definition) is 4. The lowest BCUT2D eigenvalue weighted by Gasteiger charge is -2.16. The summed E-state index contributed by atoms with van der Waals surface area (Å²) >= 11 is 11.6. The Morgan fingerprint density at radius 3 is 2.71 bits per heavy atom. The van der Waals surface area contributed by atoms with Crippen LogP contribution in [0.3, 0.4) is 0 Å². The number of hydrogen-bond donors (Lipinski definition) is 1. The van der Waals surface area contributed by atoms with Gasteiger partial charge in [0.1, 0.15) is 5.82 Å². The van der Waals surface area contributed by atoms with Gasteiger partial charge in [0, 0.05) is 29.4 Å². The Labute approximate surface area is 170 Å². The summed E-state index contributed by atoms with van der Waals surface area (Å²) in [6, 6.07) is 10.4. The number of benzene rings is 2. The standard InChI is InChI=1S/C19H15Cl2FN2O4/c20-12-2-1-3-14(7-12)24-9-11(6-18(24)26)19(27)28-10-17(25)23-13-4-5-16(22)15(21)8-13/h1-5,7-8,11H,6,9-10H2,(H,23,25)/t11-/m1/s1. The van der Waals surface area contributed by atoms with Gasteiger partial charge in [-0.05, 0) is 36.4 Å². The van der Waals surface area contributed by atoms with Crippen LogP contribution in [-0.2, 0) is 19.1 Å². The van der Waals surface area contributed by atoms with E-state index in [9.17, 15) is 18.8 Å². The first-order chi connectivity index (χ1) is 13.3. The molecule has 3 rings (SSSR count). The Morgan fingerprint density at radius 2 is 2.00 bits per heavy atom. The highest BCUT2D eigenvalue weighted by Crippen LogP contribution is 2.27. The van der Waals surface area contributed by atoms with Crippen LogP contribution in [0.15, 0.2) is 42.5 Å². The van der Waals surface area contributed by atoms with Crippen LogP contribution >= 0.6 is 23.2 Å². The van der Waals surface area contributed by atoms with Gasteiger partial charge in [0.25, 0.3) is 5.91 Å².